The average Bonchev–Trinajstić information content (AvgIpc) is 3.70. The number of carbonyl (C=O) groups is 4. The molecule has 2 aliphatic heterocycles. The van der Waals surface area contributed by atoms with Gasteiger partial charge in [-0.3, -0.25) is 29.0 Å². The molecule has 2 N–H and O–H groups in total. The lowest BCUT2D eigenvalue weighted by Gasteiger charge is -2.22. The number of hydrogen-bond donors (Lipinski definition) is 2. The summed E-state index contributed by atoms with van der Waals surface area (Å²) in [7, 11) is 0. The molecule has 6 aromatic rings. The van der Waals surface area contributed by atoms with Crippen molar-refractivity contribution in [3.8, 4) is 23.0 Å². The van der Waals surface area contributed by atoms with Crippen LogP contribution in [0.25, 0.3) is 21.5 Å². The molecule has 2 unspecified atom stereocenters. The number of amides is 2. The summed E-state index contributed by atoms with van der Waals surface area (Å²) in [6.45, 7) is 13.1. The van der Waals surface area contributed by atoms with Crippen molar-refractivity contribution in [1.29, 1.82) is 0 Å². The van der Waals surface area contributed by atoms with Crippen molar-refractivity contribution in [3.63, 3.8) is 0 Å². The van der Waals surface area contributed by atoms with Gasteiger partial charge in [-0.2, -0.15) is 0 Å². The topological polar surface area (TPSA) is 161 Å². The van der Waals surface area contributed by atoms with Gasteiger partial charge < -0.3 is 33.9 Å². The molecular weight excluding hydrogens is 829 g/mol. The first-order valence-electron chi connectivity index (χ1n) is 22.0. The van der Waals surface area contributed by atoms with E-state index < -0.39 is 36.2 Å². The molecule has 2 amide bonds. The highest BCUT2D eigenvalue weighted by Gasteiger charge is 2.45. The van der Waals surface area contributed by atoms with Crippen molar-refractivity contribution < 1.29 is 53.1 Å². The van der Waals surface area contributed by atoms with Gasteiger partial charge in [0.15, 0.2) is 12.5 Å². The average molecular weight is 881 g/mol. The second kappa shape index (κ2) is 18.6. The Morgan fingerprint density at radius 1 is 0.523 bits per heavy atom. The molecule has 0 bridgehead atoms. The predicted molar refractivity (Wildman–Crippen MR) is 246 cm³/mol. The van der Waals surface area contributed by atoms with Gasteiger partial charge in [0.05, 0.1) is 61.5 Å². The predicted octanol–water partition coefficient (Wildman–Crippen LogP) is 9.02. The molecule has 0 aliphatic carbocycles. The molecule has 336 valence electrons. The molecule has 0 saturated carbocycles. The van der Waals surface area contributed by atoms with E-state index in [1.165, 1.54) is 9.80 Å². The van der Waals surface area contributed by atoms with Crippen LogP contribution in [0, 0.1) is 11.8 Å². The van der Waals surface area contributed by atoms with Crippen LogP contribution in [0.4, 0.5) is 11.4 Å². The van der Waals surface area contributed by atoms with E-state index in [1.807, 2.05) is 90.1 Å². The molecule has 6 aromatic carbocycles. The van der Waals surface area contributed by atoms with E-state index in [4.69, 9.17) is 23.7 Å². The number of aliphatic hydroxyl groups excluding tert-OH is 2. The van der Waals surface area contributed by atoms with E-state index in [0.29, 0.717) is 93.8 Å². The lowest BCUT2D eigenvalue weighted by Crippen LogP contribution is -2.27. The van der Waals surface area contributed by atoms with E-state index >= 15 is 0 Å². The molecule has 0 saturated heterocycles. The SMILES string of the molecule is CCOc1c2c(c(OCC(C)C)c3ccccc13)C(O)N(c1ccc(CC(=O)OC(=O)Cc3ccc(N4C(=O)c5c(c(OCC)c6ccccc6c5OCC(C)C)C4O)cc3)cc1)C2=O. The molecular formula is C52H52N2O11. The number of anilines is 2. The van der Waals surface area contributed by atoms with Crippen molar-refractivity contribution in [2.75, 3.05) is 36.2 Å². The molecule has 13 heteroatoms. The first-order valence-corrected chi connectivity index (χ1v) is 22.0. The van der Waals surface area contributed by atoms with E-state index in [0.717, 1.165) is 10.8 Å². The maximum absolute atomic E-state index is 14.2. The number of fused-ring (bicyclic) bond motifs is 4. The molecule has 0 aromatic heterocycles. The van der Waals surface area contributed by atoms with Crippen LogP contribution in [0.15, 0.2) is 97.1 Å². The number of nitrogens with zero attached hydrogens (tertiary/aromatic N) is 2. The molecule has 2 aliphatic rings. The van der Waals surface area contributed by atoms with Gasteiger partial charge in [-0.25, -0.2) is 0 Å². The van der Waals surface area contributed by atoms with Gasteiger partial charge in [0, 0.05) is 32.9 Å². The zero-order valence-electron chi connectivity index (χ0n) is 37.3. The summed E-state index contributed by atoms with van der Waals surface area (Å²) < 4.78 is 29.8. The number of aliphatic hydroxyl groups is 2. The van der Waals surface area contributed by atoms with Crippen LogP contribution in [0.5, 0.6) is 23.0 Å². The Balaban J connectivity index is 0.940. The van der Waals surface area contributed by atoms with E-state index in [2.05, 4.69) is 0 Å². The Kier molecular flexibility index (Phi) is 12.8. The minimum absolute atomic E-state index is 0.181. The van der Waals surface area contributed by atoms with Crippen LogP contribution < -0.4 is 28.7 Å². The summed E-state index contributed by atoms with van der Waals surface area (Å²) in [6.07, 6.45) is -3.21. The molecule has 13 nitrogen and oxygen atoms in total. The first kappa shape index (κ1) is 44.6. The minimum atomic E-state index is -1.38. The molecule has 0 spiro atoms. The number of ether oxygens (including phenoxy) is 5. The smallest absolute Gasteiger partial charge is 0.317 e. The minimum Gasteiger partial charge on any atom is -0.493 e. The summed E-state index contributed by atoms with van der Waals surface area (Å²) in [4.78, 5) is 56.8. The summed E-state index contributed by atoms with van der Waals surface area (Å²) in [5, 5.41) is 26.3. The Hall–Kier alpha value is -6.96. The van der Waals surface area contributed by atoms with Gasteiger partial charge in [0.1, 0.15) is 23.0 Å². The third kappa shape index (κ3) is 8.45. The molecule has 2 heterocycles. The molecule has 0 radical (unpaired) electrons. The number of rotatable bonds is 16. The maximum atomic E-state index is 14.2. The number of esters is 2. The second-order valence-electron chi connectivity index (χ2n) is 16.9. The second-order valence-corrected chi connectivity index (χ2v) is 16.9. The number of hydrogen-bond acceptors (Lipinski definition) is 11. The van der Waals surface area contributed by atoms with E-state index in [1.54, 1.807) is 48.5 Å². The van der Waals surface area contributed by atoms with Crippen LogP contribution in [0.2, 0.25) is 0 Å². The largest absolute Gasteiger partial charge is 0.493 e. The van der Waals surface area contributed by atoms with Crippen LogP contribution in [0.1, 0.15) is 97.0 Å². The maximum Gasteiger partial charge on any atom is 0.317 e. The Labute approximate surface area is 377 Å². The molecule has 8 rings (SSSR count). The molecule has 65 heavy (non-hydrogen) atoms. The zero-order chi connectivity index (χ0) is 46.1. The van der Waals surface area contributed by atoms with Crippen molar-refractivity contribution in [1.82, 2.24) is 0 Å². The van der Waals surface area contributed by atoms with Gasteiger partial charge in [0.25, 0.3) is 11.8 Å². The highest BCUT2D eigenvalue weighted by molar-refractivity contribution is 6.18. The fourth-order valence-corrected chi connectivity index (χ4v) is 8.43. The first-order chi connectivity index (χ1) is 31.3. The van der Waals surface area contributed by atoms with Crippen molar-refractivity contribution >= 4 is 56.7 Å². The van der Waals surface area contributed by atoms with Gasteiger partial charge in [0.2, 0.25) is 0 Å². The number of benzene rings is 6. The van der Waals surface area contributed by atoms with Crippen molar-refractivity contribution in [2.24, 2.45) is 11.8 Å². The summed E-state index contributed by atoms with van der Waals surface area (Å²) in [5.41, 5.74) is 2.93. The van der Waals surface area contributed by atoms with E-state index in [-0.39, 0.29) is 35.8 Å². The number of carbonyl (C=O) groups excluding carboxylic acids is 4. The monoisotopic (exact) mass is 880 g/mol. The van der Waals surface area contributed by atoms with Crippen LogP contribution in [-0.4, -0.2) is 60.4 Å². The summed E-state index contributed by atoms with van der Waals surface area (Å²) in [5.74, 6) is -0.500. The fraction of sp³-hybridized carbons (Fsp3) is 0.308. The van der Waals surface area contributed by atoms with Gasteiger partial charge in [-0.1, -0.05) is 100 Å². The highest BCUT2D eigenvalue weighted by atomic mass is 16.6. The van der Waals surface area contributed by atoms with Gasteiger partial charge in [-0.15, -0.1) is 0 Å². The highest BCUT2D eigenvalue weighted by Crippen LogP contribution is 2.52. The molecule has 0 fully saturated rings. The Morgan fingerprint density at radius 2 is 0.862 bits per heavy atom. The Bertz CT molecular complexity index is 2740. The van der Waals surface area contributed by atoms with E-state index in [9.17, 15) is 29.4 Å². The summed E-state index contributed by atoms with van der Waals surface area (Å²) in [6, 6.07) is 27.9. The quantitative estimate of drug-likeness (QED) is 0.0705. The lowest BCUT2D eigenvalue weighted by molar-refractivity contribution is -0.158. The van der Waals surface area contributed by atoms with Gasteiger partial charge >= 0.3 is 11.9 Å². The standard InChI is InChI=1S/C52H52N2O11/c1-7-61-45-35-13-9-11-15-37(35)47(63-27-29(3)4)43-41(45)49(57)53(51(43)59)33-21-17-31(18-22-33)25-39(55)65-40(56)26-32-19-23-34(24-20-32)54-50(58)42-44(52(54)60)48(64-28-30(5)6)38-16-12-10-14-36(38)46(42)62-8-2/h9-24,29-30,49,52,57,60H,7-8,25-28H2,1-6H3. The van der Waals surface area contributed by atoms with Crippen molar-refractivity contribution in [3.05, 3.63) is 130 Å². The normalized spacial score (nSPS) is 15.5. The molecule has 2 atom stereocenters. The Morgan fingerprint density at radius 3 is 1.25 bits per heavy atom. The van der Waals surface area contributed by atoms with Crippen molar-refractivity contribution in [2.45, 2.75) is 66.8 Å². The summed E-state index contributed by atoms with van der Waals surface area (Å²) >= 11 is 0. The van der Waals surface area contributed by atoms with Gasteiger partial charge in [-0.05, 0) is 61.1 Å². The lowest BCUT2D eigenvalue weighted by atomic mass is 9.98. The van der Waals surface area contributed by atoms with Crippen LogP contribution >= 0.6 is 0 Å². The third-order valence-electron chi connectivity index (χ3n) is 11.2. The zero-order valence-corrected chi connectivity index (χ0v) is 37.3. The fourth-order valence-electron chi connectivity index (χ4n) is 8.43. The third-order valence-corrected chi connectivity index (χ3v) is 11.2. The van der Waals surface area contributed by atoms with Crippen LogP contribution in [0.3, 0.4) is 0 Å². The van der Waals surface area contributed by atoms with Crippen LogP contribution in [-0.2, 0) is 27.2 Å².